The monoisotopic (exact) mass is 330 g/mol. The summed E-state index contributed by atoms with van der Waals surface area (Å²) in [6.45, 7) is 1.95. The van der Waals surface area contributed by atoms with E-state index in [0.29, 0.717) is 17.4 Å². The highest BCUT2D eigenvalue weighted by atomic mass is 79.9. The molecule has 3 aromatic rings. The van der Waals surface area contributed by atoms with Crippen molar-refractivity contribution < 1.29 is 4.52 Å². The first-order valence-corrected chi connectivity index (χ1v) is 6.74. The van der Waals surface area contributed by atoms with Gasteiger partial charge in [0.1, 0.15) is 0 Å². The number of pyridine rings is 1. The number of rotatable bonds is 2. The zero-order valence-corrected chi connectivity index (χ0v) is 12.3. The fourth-order valence-electron chi connectivity index (χ4n) is 1.77. The quantitative estimate of drug-likeness (QED) is 0.728. The van der Waals surface area contributed by atoms with E-state index in [1.807, 2.05) is 31.2 Å². The van der Waals surface area contributed by atoms with Gasteiger partial charge in [-0.3, -0.25) is 4.98 Å². The van der Waals surface area contributed by atoms with Gasteiger partial charge >= 0.3 is 0 Å². The van der Waals surface area contributed by atoms with Crippen LogP contribution in [0.4, 0.5) is 5.69 Å². The second-order valence-electron chi connectivity index (χ2n) is 4.39. The summed E-state index contributed by atoms with van der Waals surface area (Å²) in [5.41, 5.74) is 9.20. The van der Waals surface area contributed by atoms with Crippen LogP contribution in [0.5, 0.6) is 0 Å². The molecule has 1 aromatic carbocycles. The maximum Gasteiger partial charge on any atom is 0.258 e. The number of halogens is 1. The molecule has 100 valence electrons. The van der Waals surface area contributed by atoms with Crippen molar-refractivity contribution in [2.45, 2.75) is 6.92 Å². The Morgan fingerprint density at radius 3 is 2.75 bits per heavy atom. The molecule has 0 unspecified atom stereocenters. The van der Waals surface area contributed by atoms with E-state index in [1.54, 1.807) is 12.4 Å². The van der Waals surface area contributed by atoms with Gasteiger partial charge in [-0.2, -0.15) is 4.98 Å². The predicted octanol–water partition coefficient (Wildman–Crippen LogP) is 3.45. The number of nitrogen functional groups attached to an aromatic ring is 1. The summed E-state index contributed by atoms with van der Waals surface area (Å²) < 4.78 is 6.14. The lowest BCUT2D eigenvalue weighted by Gasteiger charge is -2.00. The lowest BCUT2D eigenvalue weighted by atomic mass is 10.1. The average Bonchev–Trinajstić information content (AvgIpc) is 2.92. The van der Waals surface area contributed by atoms with Crippen molar-refractivity contribution >= 4 is 21.6 Å². The number of aromatic nitrogens is 3. The number of hydrogen-bond acceptors (Lipinski definition) is 5. The van der Waals surface area contributed by atoms with E-state index in [4.69, 9.17) is 10.3 Å². The largest absolute Gasteiger partial charge is 0.398 e. The Morgan fingerprint density at radius 1 is 1.15 bits per heavy atom. The molecule has 2 heterocycles. The highest BCUT2D eigenvalue weighted by Crippen LogP contribution is 2.25. The third kappa shape index (κ3) is 2.42. The molecule has 0 aliphatic heterocycles. The summed E-state index contributed by atoms with van der Waals surface area (Å²) in [6.07, 6.45) is 3.38. The smallest absolute Gasteiger partial charge is 0.258 e. The van der Waals surface area contributed by atoms with Gasteiger partial charge in [0.25, 0.3) is 5.89 Å². The second kappa shape index (κ2) is 5.05. The molecule has 2 N–H and O–H groups in total. The SMILES string of the molecule is Cc1ccc(-c2nc(-c3cncc(Br)c3)no2)cc1N. The van der Waals surface area contributed by atoms with Gasteiger partial charge < -0.3 is 10.3 Å². The van der Waals surface area contributed by atoms with Crippen molar-refractivity contribution in [2.75, 3.05) is 5.73 Å². The highest BCUT2D eigenvalue weighted by molar-refractivity contribution is 9.10. The van der Waals surface area contributed by atoms with Gasteiger partial charge in [-0.05, 0) is 46.6 Å². The molecule has 0 aliphatic carbocycles. The second-order valence-corrected chi connectivity index (χ2v) is 5.30. The lowest BCUT2D eigenvalue weighted by molar-refractivity contribution is 0.432. The molecule has 0 radical (unpaired) electrons. The molecule has 0 aliphatic rings. The van der Waals surface area contributed by atoms with E-state index in [1.165, 1.54) is 0 Å². The van der Waals surface area contributed by atoms with Crippen molar-refractivity contribution in [1.29, 1.82) is 0 Å². The minimum atomic E-state index is 0.437. The van der Waals surface area contributed by atoms with E-state index < -0.39 is 0 Å². The first-order valence-electron chi connectivity index (χ1n) is 5.94. The van der Waals surface area contributed by atoms with Crippen LogP contribution in [0.1, 0.15) is 5.56 Å². The molecule has 2 aromatic heterocycles. The van der Waals surface area contributed by atoms with Gasteiger partial charge in [-0.25, -0.2) is 0 Å². The van der Waals surface area contributed by atoms with Crippen molar-refractivity contribution in [3.05, 3.63) is 46.7 Å². The predicted molar refractivity (Wildman–Crippen MR) is 79.8 cm³/mol. The van der Waals surface area contributed by atoms with E-state index in [0.717, 1.165) is 21.2 Å². The van der Waals surface area contributed by atoms with E-state index in [9.17, 15) is 0 Å². The van der Waals surface area contributed by atoms with Crippen LogP contribution in [-0.2, 0) is 0 Å². The van der Waals surface area contributed by atoms with Gasteiger partial charge in [0.15, 0.2) is 0 Å². The van der Waals surface area contributed by atoms with Crippen molar-refractivity contribution in [1.82, 2.24) is 15.1 Å². The molecule has 6 heteroatoms. The van der Waals surface area contributed by atoms with Gasteiger partial charge in [0, 0.05) is 33.7 Å². The summed E-state index contributed by atoms with van der Waals surface area (Å²) in [7, 11) is 0. The highest BCUT2D eigenvalue weighted by Gasteiger charge is 2.11. The average molecular weight is 331 g/mol. The summed E-state index contributed by atoms with van der Waals surface area (Å²) in [4.78, 5) is 8.45. The van der Waals surface area contributed by atoms with Gasteiger partial charge in [0.2, 0.25) is 5.82 Å². The van der Waals surface area contributed by atoms with Crippen molar-refractivity contribution in [2.24, 2.45) is 0 Å². The molecular weight excluding hydrogens is 320 g/mol. The molecule has 0 amide bonds. The maximum absolute atomic E-state index is 5.89. The van der Waals surface area contributed by atoms with Gasteiger partial charge in [-0.1, -0.05) is 11.2 Å². The molecule has 3 rings (SSSR count). The van der Waals surface area contributed by atoms with Crippen LogP contribution in [0.15, 0.2) is 45.7 Å². The Bertz CT molecular complexity index is 769. The first kappa shape index (κ1) is 12.8. The Kier molecular flexibility index (Phi) is 3.23. The lowest BCUT2D eigenvalue weighted by Crippen LogP contribution is -1.90. The van der Waals surface area contributed by atoms with Crippen LogP contribution in [0.3, 0.4) is 0 Å². The van der Waals surface area contributed by atoms with Gasteiger partial charge in [-0.15, -0.1) is 0 Å². The third-order valence-electron chi connectivity index (χ3n) is 2.92. The Hall–Kier alpha value is -2.21. The Morgan fingerprint density at radius 2 is 2.00 bits per heavy atom. The number of nitrogens with two attached hydrogens (primary N) is 1. The standard InChI is InChI=1S/C14H11BrN4O/c1-8-2-3-9(5-12(8)16)14-18-13(19-20-14)10-4-11(15)7-17-6-10/h2-7H,16H2,1H3. The Labute approximate surface area is 124 Å². The molecule has 20 heavy (non-hydrogen) atoms. The van der Waals surface area contributed by atoms with Gasteiger partial charge in [0.05, 0.1) is 0 Å². The zero-order valence-electron chi connectivity index (χ0n) is 10.7. The van der Waals surface area contributed by atoms with Crippen LogP contribution in [0, 0.1) is 6.92 Å². The maximum atomic E-state index is 5.89. The molecular formula is C14H11BrN4O. The van der Waals surface area contributed by atoms with E-state index in [-0.39, 0.29) is 0 Å². The number of anilines is 1. The normalized spacial score (nSPS) is 10.7. The number of nitrogens with zero attached hydrogens (tertiary/aromatic N) is 3. The fourth-order valence-corrected chi connectivity index (χ4v) is 2.13. The summed E-state index contributed by atoms with van der Waals surface area (Å²) >= 11 is 3.36. The van der Waals surface area contributed by atoms with E-state index in [2.05, 4.69) is 31.1 Å². The molecule has 0 bridgehead atoms. The molecule has 0 atom stereocenters. The summed E-state index contributed by atoms with van der Waals surface area (Å²) in [5.74, 6) is 0.930. The van der Waals surface area contributed by atoms with Crippen LogP contribution >= 0.6 is 15.9 Å². The van der Waals surface area contributed by atoms with Crippen LogP contribution in [-0.4, -0.2) is 15.1 Å². The zero-order chi connectivity index (χ0) is 14.1. The molecule has 0 fully saturated rings. The summed E-state index contributed by atoms with van der Waals surface area (Å²) in [5, 5.41) is 3.97. The van der Waals surface area contributed by atoms with Crippen LogP contribution < -0.4 is 5.73 Å². The third-order valence-corrected chi connectivity index (χ3v) is 3.35. The van der Waals surface area contributed by atoms with E-state index >= 15 is 0 Å². The number of aryl methyl sites for hydroxylation is 1. The van der Waals surface area contributed by atoms with Crippen LogP contribution in [0.2, 0.25) is 0 Å². The Balaban J connectivity index is 1.99. The molecule has 0 saturated heterocycles. The minimum Gasteiger partial charge on any atom is -0.398 e. The number of benzene rings is 1. The minimum absolute atomic E-state index is 0.437. The number of hydrogen-bond donors (Lipinski definition) is 1. The molecule has 0 spiro atoms. The fraction of sp³-hybridized carbons (Fsp3) is 0.0714. The van der Waals surface area contributed by atoms with Crippen LogP contribution in [0.25, 0.3) is 22.8 Å². The molecule has 0 saturated carbocycles. The summed E-state index contributed by atoms with van der Waals surface area (Å²) in [6, 6.07) is 7.54. The topological polar surface area (TPSA) is 77.8 Å². The van der Waals surface area contributed by atoms with Crippen molar-refractivity contribution in [3.63, 3.8) is 0 Å². The van der Waals surface area contributed by atoms with Crippen molar-refractivity contribution in [3.8, 4) is 22.8 Å². The molecule has 5 nitrogen and oxygen atoms in total. The first-order chi connectivity index (χ1) is 9.63.